The van der Waals surface area contributed by atoms with Gasteiger partial charge in [0.25, 0.3) is 0 Å². The lowest BCUT2D eigenvalue weighted by atomic mass is 10.0. The highest BCUT2D eigenvalue weighted by Gasteiger charge is 2.39. The fourth-order valence-corrected chi connectivity index (χ4v) is 4.21. The number of hydrogen-bond acceptors (Lipinski definition) is 8. The van der Waals surface area contributed by atoms with Gasteiger partial charge in [-0.05, 0) is 17.7 Å². The summed E-state index contributed by atoms with van der Waals surface area (Å²) in [7, 11) is 0.510. The van der Waals surface area contributed by atoms with Crippen molar-refractivity contribution in [3.8, 4) is 5.75 Å². The molecule has 1 N–H and O–H groups in total. The molecule has 1 aliphatic rings. The SMILES string of the molecule is COCC(=O)N1CCN(S(C)(=O)=O)CC1C(=O)NC(Cc1ccc(OC)cc1)C(=O)OC. The van der Waals surface area contributed by atoms with Gasteiger partial charge < -0.3 is 24.4 Å². The Hall–Kier alpha value is -2.70. The summed E-state index contributed by atoms with van der Waals surface area (Å²) >= 11 is 0. The van der Waals surface area contributed by atoms with E-state index in [2.05, 4.69) is 5.32 Å². The van der Waals surface area contributed by atoms with Crippen molar-refractivity contribution in [2.45, 2.75) is 18.5 Å². The topological polar surface area (TPSA) is 132 Å². The highest BCUT2D eigenvalue weighted by atomic mass is 32.2. The van der Waals surface area contributed by atoms with Gasteiger partial charge in [-0.1, -0.05) is 12.1 Å². The van der Waals surface area contributed by atoms with E-state index in [1.165, 1.54) is 26.2 Å². The van der Waals surface area contributed by atoms with E-state index in [1.54, 1.807) is 24.3 Å². The fourth-order valence-electron chi connectivity index (χ4n) is 3.39. The van der Waals surface area contributed by atoms with Gasteiger partial charge in [0.2, 0.25) is 21.8 Å². The van der Waals surface area contributed by atoms with Crippen LogP contribution in [-0.2, 0) is 40.3 Å². The van der Waals surface area contributed by atoms with Crippen molar-refractivity contribution in [1.82, 2.24) is 14.5 Å². The van der Waals surface area contributed by atoms with Crippen molar-refractivity contribution in [2.24, 2.45) is 0 Å². The maximum Gasteiger partial charge on any atom is 0.328 e. The van der Waals surface area contributed by atoms with Crippen LogP contribution in [-0.4, -0.2) is 101 Å². The maximum atomic E-state index is 13.1. The molecule has 0 aliphatic carbocycles. The molecule has 32 heavy (non-hydrogen) atoms. The van der Waals surface area contributed by atoms with E-state index in [0.717, 1.165) is 16.1 Å². The minimum Gasteiger partial charge on any atom is -0.497 e. The van der Waals surface area contributed by atoms with Gasteiger partial charge in [-0.15, -0.1) is 0 Å². The zero-order chi connectivity index (χ0) is 23.9. The summed E-state index contributed by atoms with van der Waals surface area (Å²) < 4.78 is 40.0. The highest BCUT2D eigenvalue weighted by Crippen LogP contribution is 2.16. The molecular weight excluding hydrogens is 442 g/mol. The molecule has 1 fully saturated rings. The molecule has 0 aromatic heterocycles. The lowest BCUT2D eigenvalue weighted by Gasteiger charge is -2.39. The predicted octanol–water partition coefficient (Wildman–Crippen LogP) is -0.986. The minimum absolute atomic E-state index is 0.0225. The number of amides is 2. The van der Waals surface area contributed by atoms with Gasteiger partial charge in [-0.2, -0.15) is 4.31 Å². The van der Waals surface area contributed by atoms with Gasteiger partial charge in [0.1, 0.15) is 24.4 Å². The van der Waals surface area contributed by atoms with Gasteiger partial charge in [0.05, 0.1) is 20.5 Å². The molecule has 1 saturated heterocycles. The third kappa shape index (κ3) is 6.65. The molecule has 0 radical (unpaired) electrons. The molecule has 2 atom stereocenters. The number of sulfonamides is 1. The molecule has 1 aromatic carbocycles. The Bertz CT molecular complexity index is 919. The molecule has 2 unspecified atom stereocenters. The summed E-state index contributed by atoms with van der Waals surface area (Å²) in [4.78, 5) is 39.2. The van der Waals surface area contributed by atoms with E-state index in [-0.39, 0.29) is 32.7 Å². The summed E-state index contributed by atoms with van der Waals surface area (Å²) in [6.45, 7) is -0.398. The Balaban J connectivity index is 2.23. The van der Waals surface area contributed by atoms with E-state index in [0.29, 0.717) is 5.75 Å². The van der Waals surface area contributed by atoms with Crippen molar-refractivity contribution < 1.29 is 37.0 Å². The molecule has 1 heterocycles. The number of esters is 1. The Morgan fingerprint density at radius 1 is 1.12 bits per heavy atom. The van der Waals surface area contributed by atoms with Crippen molar-refractivity contribution in [3.63, 3.8) is 0 Å². The van der Waals surface area contributed by atoms with Crippen LogP contribution in [0.3, 0.4) is 0 Å². The maximum absolute atomic E-state index is 13.1. The molecule has 2 rings (SSSR count). The quantitative estimate of drug-likeness (QED) is 0.455. The van der Waals surface area contributed by atoms with Crippen LogP contribution in [0.5, 0.6) is 5.75 Å². The van der Waals surface area contributed by atoms with E-state index >= 15 is 0 Å². The number of carbonyl (C=O) groups is 3. The second-order valence-corrected chi connectivity index (χ2v) is 9.28. The Morgan fingerprint density at radius 2 is 1.78 bits per heavy atom. The summed E-state index contributed by atoms with van der Waals surface area (Å²) in [5.74, 6) is -1.14. The first-order valence-electron chi connectivity index (χ1n) is 9.85. The molecule has 12 heteroatoms. The van der Waals surface area contributed by atoms with E-state index < -0.39 is 39.9 Å². The van der Waals surface area contributed by atoms with Crippen molar-refractivity contribution in [2.75, 3.05) is 53.8 Å². The number of ether oxygens (including phenoxy) is 3. The number of nitrogens with zero attached hydrogens (tertiary/aromatic N) is 2. The number of rotatable bonds is 9. The van der Waals surface area contributed by atoms with Crippen LogP contribution in [0.2, 0.25) is 0 Å². The van der Waals surface area contributed by atoms with E-state index in [4.69, 9.17) is 14.2 Å². The zero-order valence-corrected chi connectivity index (χ0v) is 19.4. The van der Waals surface area contributed by atoms with Crippen LogP contribution in [0, 0.1) is 0 Å². The molecular formula is C20H29N3O8S. The number of benzene rings is 1. The van der Waals surface area contributed by atoms with Crippen LogP contribution in [0.25, 0.3) is 0 Å². The molecule has 1 aromatic rings. The van der Waals surface area contributed by atoms with E-state index in [1.807, 2.05) is 0 Å². The summed E-state index contributed by atoms with van der Waals surface area (Å²) in [6, 6.07) is 4.80. The molecule has 0 bridgehead atoms. The highest BCUT2D eigenvalue weighted by molar-refractivity contribution is 7.88. The molecule has 0 spiro atoms. The predicted molar refractivity (Wildman–Crippen MR) is 114 cm³/mol. The first-order chi connectivity index (χ1) is 15.1. The number of hydrogen-bond donors (Lipinski definition) is 1. The Morgan fingerprint density at radius 3 is 2.31 bits per heavy atom. The standard InChI is InChI=1S/C20H29N3O8S/c1-29-13-18(24)23-10-9-22(32(4,27)28)12-17(23)19(25)21-16(20(26)31-3)11-14-5-7-15(30-2)8-6-14/h5-8,16-17H,9-13H2,1-4H3,(H,21,25). The average Bonchev–Trinajstić information content (AvgIpc) is 2.77. The van der Waals surface area contributed by atoms with Gasteiger partial charge >= 0.3 is 5.97 Å². The van der Waals surface area contributed by atoms with Crippen LogP contribution >= 0.6 is 0 Å². The fraction of sp³-hybridized carbons (Fsp3) is 0.550. The van der Waals surface area contributed by atoms with E-state index in [9.17, 15) is 22.8 Å². The number of piperazine rings is 1. The first kappa shape index (κ1) is 25.6. The third-order valence-corrected chi connectivity index (χ3v) is 6.37. The van der Waals surface area contributed by atoms with Gasteiger partial charge in [-0.3, -0.25) is 9.59 Å². The molecule has 11 nitrogen and oxygen atoms in total. The third-order valence-electron chi connectivity index (χ3n) is 5.10. The van der Waals surface area contributed by atoms with Crippen molar-refractivity contribution in [1.29, 1.82) is 0 Å². The summed E-state index contributed by atoms with van der Waals surface area (Å²) in [5, 5.41) is 2.61. The van der Waals surface area contributed by atoms with Crippen molar-refractivity contribution in [3.05, 3.63) is 29.8 Å². The lowest BCUT2D eigenvalue weighted by Crippen LogP contribution is -2.63. The molecule has 2 amide bonds. The monoisotopic (exact) mass is 471 g/mol. The minimum atomic E-state index is -3.58. The van der Waals surface area contributed by atoms with Crippen LogP contribution in [0.15, 0.2) is 24.3 Å². The van der Waals surface area contributed by atoms with Crippen molar-refractivity contribution >= 4 is 27.8 Å². The molecule has 0 saturated carbocycles. The Kier molecular flexibility index (Phi) is 8.99. The van der Waals surface area contributed by atoms with Crippen LogP contribution in [0.4, 0.5) is 0 Å². The average molecular weight is 472 g/mol. The largest absolute Gasteiger partial charge is 0.497 e. The number of nitrogens with one attached hydrogen (secondary N) is 1. The zero-order valence-electron chi connectivity index (χ0n) is 18.6. The normalized spacial score (nSPS) is 18.0. The Labute approximate surface area is 187 Å². The van der Waals surface area contributed by atoms with Gasteiger partial charge in [0.15, 0.2) is 0 Å². The van der Waals surface area contributed by atoms with Gasteiger partial charge in [-0.25, -0.2) is 13.2 Å². The first-order valence-corrected chi connectivity index (χ1v) is 11.7. The lowest BCUT2D eigenvalue weighted by molar-refractivity contribution is -0.149. The molecule has 178 valence electrons. The van der Waals surface area contributed by atoms with Crippen LogP contribution < -0.4 is 10.1 Å². The number of methoxy groups -OCH3 is 3. The van der Waals surface area contributed by atoms with Crippen LogP contribution in [0.1, 0.15) is 5.56 Å². The van der Waals surface area contributed by atoms with Gasteiger partial charge in [0, 0.05) is 33.2 Å². The molecule has 1 aliphatic heterocycles. The number of carbonyl (C=O) groups excluding carboxylic acids is 3. The summed E-state index contributed by atoms with van der Waals surface area (Å²) in [6.07, 6.45) is 1.17. The summed E-state index contributed by atoms with van der Waals surface area (Å²) in [5.41, 5.74) is 0.746. The smallest absolute Gasteiger partial charge is 0.328 e. The second kappa shape index (κ2) is 11.2. The second-order valence-electron chi connectivity index (χ2n) is 7.29.